The van der Waals surface area contributed by atoms with Crippen molar-refractivity contribution in [2.45, 2.75) is 32.2 Å². The molecule has 118 valence electrons. The van der Waals surface area contributed by atoms with Gasteiger partial charge in [0.2, 0.25) is 0 Å². The molecule has 0 bridgehead atoms. The minimum absolute atomic E-state index is 0.0508. The third-order valence-corrected chi connectivity index (χ3v) is 3.89. The van der Waals surface area contributed by atoms with Crippen molar-refractivity contribution in [1.29, 1.82) is 0 Å². The van der Waals surface area contributed by atoms with Gasteiger partial charge in [0.05, 0.1) is 0 Å². The van der Waals surface area contributed by atoms with Crippen molar-refractivity contribution in [1.82, 2.24) is 0 Å². The molecule has 0 saturated carbocycles. The van der Waals surface area contributed by atoms with Gasteiger partial charge >= 0.3 is 0 Å². The maximum Gasteiger partial charge on any atom is 0.149 e. The number of rotatable bonds is 5. The Morgan fingerprint density at radius 3 is 2.38 bits per heavy atom. The Hall–Kier alpha value is -1.20. The molecule has 0 amide bonds. The molecule has 0 aromatic heterocycles. The molecule has 0 radical (unpaired) electrons. The Labute approximate surface area is 125 Å². The molecular formula is C16H24F2N2O. The summed E-state index contributed by atoms with van der Waals surface area (Å²) in [5.41, 5.74) is 6.33. The zero-order chi connectivity index (χ0) is 15.4. The lowest BCUT2D eigenvalue weighted by Gasteiger charge is -2.29. The van der Waals surface area contributed by atoms with Crippen molar-refractivity contribution < 1.29 is 13.5 Å². The number of nitrogens with zero attached hydrogens (tertiary/aromatic N) is 1. The summed E-state index contributed by atoms with van der Waals surface area (Å²) >= 11 is 0. The van der Waals surface area contributed by atoms with E-state index in [2.05, 4.69) is 0 Å². The predicted octanol–water partition coefficient (Wildman–Crippen LogP) is 2.72. The number of hydrogen-bond donors (Lipinski definition) is 1. The van der Waals surface area contributed by atoms with E-state index < -0.39 is 11.6 Å². The molecule has 1 aromatic rings. The minimum atomic E-state index is -0.514. The summed E-state index contributed by atoms with van der Waals surface area (Å²) in [6, 6.07) is 2.67. The number of anilines is 1. The van der Waals surface area contributed by atoms with Crippen LogP contribution in [-0.2, 0) is 11.2 Å². The highest BCUT2D eigenvalue weighted by molar-refractivity contribution is 5.50. The van der Waals surface area contributed by atoms with Crippen LogP contribution in [0.3, 0.4) is 0 Å². The second-order valence-corrected chi connectivity index (χ2v) is 6.03. The SMILES string of the molecule is CC(N)Cc1cc(F)c(N(C)CC2CCOCC2)c(F)c1. The first kappa shape index (κ1) is 16.2. The first-order chi connectivity index (χ1) is 9.97. The van der Waals surface area contributed by atoms with Crippen molar-refractivity contribution in [2.24, 2.45) is 11.7 Å². The monoisotopic (exact) mass is 298 g/mol. The third-order valence-electron chi connectivity index (χ3n) is 3.89. The average molecular weight is 298 g/mol. The molecule has 1 heterocycles. The lowest BCUT2D eigenvalue weighted by atomic mass is 9.99. The topological polar surface area (TPSA) is 38.5 Å². The molecular weight excluding hydrogens is 274 g/mol. The second kappa shape index (κ2) is 7.18. The Balaban J connectivity index is 2.10. The van der Waals surface area contributed by atoms with Gasteiger partial charge in [0.1, 0.15) is 17.3 Å². The number of halogens is 2. The summed E-state index contributed by atoms with van der Waals surface area (Å²) in [7, 11) is 1.74. The number of nitrogens with two attached hydrogens (primary N) is 1. The maximum atomic E-state index is 14.2. The van der Waals surface area contributed by atoms with Crippen molar-refractivity contribution in [3.05, 3.63) is 29.3 Å². The molecule has 1 unspecified atom stereocenters. The van der Waals surface area contributed by atoms with Crippen LogP contribution >= 0.6 is 0 Å². The summed E-state index contributed by atoms with van der Waals surface area (Å²) in [5, 5.41) is 0. The van der Waals surface area contributed by atoms with E-state index in [1.807, 2.05) is 6.92 Å². The van der Waals surface area contributed by atoms with Gasteiger partial charge in [-0.2, -0.15) is 0 Å². The Kier molecular flexibility index (Phi) is 5.53. The van der Waals surface area contributed by atoms with E-state index in [0.717, 1.165) is 26.1 Å². The van der Waals surface area contributed by atoms with Crippen LogP contribution in [0.4, 0.5) is 14.5 Å². The van der Waals surface area contributed by atoms with Crippen molar-refractivity contribution in [2.75, 3.05) is 31.7 Å². The van der Waals surface area contributed by atoms with Crippen LogP contribution in [-0.4, -0.2) is 32.8 Å². The van der Waals surface area contributed by atoms with Gasteiger partial charge < -0.3 is 15.4 Å². The molecule has 1 atom stereocenters. The standard InChI is InChI=1S/C16H24F2N2O/c1-11(19)7-13-8-14(17)16(15(18)9-13)20(2)10-12-3-5-21-6-4-12/h8-9,11-12H,3-7,10,19H2,1-2H3. The van der Waals surface area contributed by atoms with E-state index in [-0.39, 0.29) is 11.7 Å². The largest absolute Gasteiger partial charge is 0.381 e. The summed E-state index contributed by atoms with van der Waals surface area (Å²) in [5.74, 6) is -0.605. The number of ether oxygens (including phenoxy) is 1. The zero-order valence-electron chi connectivity index (χ0n) is 12.7. The van der Waals surface area contributed by atoms with Crippen LogP contribution < -0.4 is 10.6 Å². The van der Waals surface area contributed by atoms with Crippen LogP contribution in [0.1, 0.15) is 25.3 Å². The van der Waals surface area contributed by atoms with E-state index in [1.165, 1.54) is 12.1 Å². The molecule has 1 aliphatic rings. The molecule has 0 spiro atoms. The number of hydrogen-bond acceptors (Lipinski definition) is 3. The third kappa shape index (κ3) is 4.38. The van der Waals surface area contributed by atoms with Crippen LogP contribution in [0.2, 0.25) is 0 Å². The molecule has 3 nitrogen and oxygen atoms in total. The fourth-order valence-corrected chi connectivity index (χ4v) is 2.88. The molecule has 2 N–H and O–H groups in total. The van der Waals surface area contributed by atoms with Gasteiger partial charge in [-0.05, 0) is 49.8 Å². The minimum Gasteiger partial charge on any atom is -0.381 e. The van der Waals surface area contributed by atoms with Gasteiger partial charge in [-0.15, -0.1) is 0 Å². The first-order valence-corrected chi connectivity index (χ1v) is 7.49. The molecule has 2 rings (SSSR count). The van der Waals surface area contributed by atoms with E-state index in [9.17, 15) is 8.78 Å². The lowest BCUT2D eigenvalue weighted by Crippen LogP contribution is -2.30. The quantitative estimate of drug-likeness (QED) is 0.908. The summed E-state index contributed by atoms with van der Waals surface area (Å²) in [6.45, 7) is 3.93. The van der Waals surface area contributed by atoms with E-state index in [0.29, 0.717) is 24.4 Å². The van der Waals surface area contributed by atoms with Gasteiger partial charge in [-0.25, -0.2) is 8.78 Å². The summed E-state index contributed by atoms with van der Waals surface area (Å²) in [6.07, 6.45) is 2.35. The fraction of sp³-hybridized carbons (Fsp3) is 0.625. The molecule has 1 aromatic carbocycles. The van der Waals surface area contributed by atoms with Gasteiger partial charge in [0, 0.05) is 32.8 Å². The molecule has 21 heavy (non-hydrogen) atoms. The van der Waals surface area contributed by atoms with Crippen LogP contribution in [0, 0.1) is 17.6 Å². The Morgan fingerprint density at radius 2 is 1.86 bits per heavy atom. The van der Waals surface area contributed by atoms with E-state index >= 15 is 0 Å². The van der Waals surface area contributed by atoms with Gasteiger partial charge in [0.15, 0.2) is 0 Å². The molecule has 0 aliphatic carbocycles. The smallest absolute Gasteiger partial charge is 0.149 e. The highest BCUT2D eigenvalue weighted by Crippen LogP contribution is 2.27. The molecule has 5 heteroatoms. The molecule has 1 fully saturated rings. The normalized spacial score (nSPS) is 17.8. The van der Waals surface area contributed by atoms with Gasteiger partial charge in [-0.3, -0.25) is 0 Å². The summed E-state index contributed by atoms with van der Waals surface area (Å²) < 4.78 is 33.7. The summed E-state index contributed by atoms with van der Waals surface area (Å²) in [4.78, 5) is 1.68. The van der Waals surface area contributed by atoms with Crippen LogP contribution in [0.15, 0.2) is 12.1 Å². The van der Waals surface area contributed by atoms with Crippen LogP contribution in [0.5, 0.6) is 0 Å². The fourth-order valence-electron chi connectivity index (χ4n) is 2.88. The van der Waals surface area contributed by atoms with Crippen molar-refractivity contribution >= 4 is 5.69 Å². The van der Waals surface area contributed by atoms with Gasteiger partial charge in [0.25, 0.3) is 0 Å². The zero-order valence-corrected chi connectivity index (χ0v) is 12.7. The van der Waals surface area contributed by atoms with E-state index in [1.54, 1.807) is 11.9 Å². The van der Waals surface area contributed by atoms with Crippen molar-refractivity contribution in [3.8, 4) is 0 Å². The van der Waals surface area contributed by atoms with Crippen LogP contribution in [0.25, 0.3) is 0 Å². The Bertz CT molecular complexity index is 450. The molecule has 1 aliphatic heterocycles. The second-order valence-electron chi connectivity index (χ2n) is 6.03. The Morgan fingerprint density at radius 1 is 1.29 bits per heavy atom. The van der Waals surface area contributed by atoms with Crippen molar-refractivity contribution in [3.63, 3.8) is 0 Å². The van der Waals surface area contributed by atoms with Gasteiger partial charge in [-0.1, -0.05) is 0 Å². The maximum absolute atomic E-state index is 14.2. The first-order valence-electron chi connectivity index (χ1n) is 7.49. The van der Waals surface area contributed by atoms with E-state index in [4.69, 9.17) is 10.5 Å². The predicted molar refractivity (Wildman–Crippen MR) is 80.5 cm³/mol. The lowest BCUT2D eigenvalue weighted by molar-refractivity contribution is 0.0684. The highest BCUT2D eigenvalue weighted by Gasteiger charge is 2.20. The average Bonchev–Trinajstić information content (AvgIpc) is 2.38. The highest BCUT2D eigenvalue weighted by atomic mass is 19.1. The number of benzene rings is 1. The molecule has 1 saturated heterocycles.